The number of hydrogen-bond acceptors (Lipinski definition) is 6. The number of Topliss-reactive ketones (excluding diaryl/α,β-unsaturated/α-hetero) is 1. The van der Waals surface area contributed by atoms with Gasteiger partial charge in [-0.05, 0) is 37.5 Å². The fourth-order valence-corrected chi connectivity index (χ4v) is 4.58. The fraction of sp³-hybridized carbons (Fsp3) is 0.500. The topological polar surface area (TPSA) is 125 Å². The van der Waals surface area contributed by atoms with E-state index in [0.717, 1.165) is 37.5 Å². The molecule has 1 saturated carbocycles. The van der Waals surface area contributed by atoms with Crippen molar-refractivity contribution >= 4 is 28.9 Å². The van der Waals surface area contributed by atoms with Crippen LogP contribution in [0, 0.1) is 5.41 Å². The number of ketones is 1. The molecular formula is C22H27N3O5. The van der Waals surface area contributed by atoms with Crippen molar-refractivity contribution in [3.63, 3.8) is 0 Å². The predicted molar refractivity (Wildman–Crippen MR) is 110 cm³/mol. The van der Waals surface area contributed by atoms with Crippen LogP contribution in [0.2, 0.25) is 0 Å². The van der Waals surface area contributed by atoms with E-state index in [1.54, 1.807) is 25.4 Å². The number of H-pyrrole nitrogens is 1. The lowest BCUT2D eigenvalue weighted by Gasteiger charge is -2.35. The molecule has 8 heteroatoms. The Balaban J connectivity index is 1.74. The van der Waals surface area contributed by atoms with Crippen LogP contribution >= 0.6 is 0 Å². The first-order valence-corrected chi connectivity index (χ1v) is 10.5. The Bertz CT molecular complexity index is 978. The predicted octanol–water partition coefficient (Wildman–Crippen LogP) is 2.59. The van der Waals surface area contributed by atoms with Gasteiger partial charge in [0.25, 0.3) is 0 Å². The lowest BCUT2D eigenvalue weighted by atomic mass is 9.75. The van der Waals surface area contributed by atoms with Gasteiger partial charge in [0, 0.05) is 29.4 Å². The Morgan fingerprint density at radius 3 is 2.90 bits per heavy atom. The van der Waals surface area contributed by atoms with Crippen LogP contribution in [0.1, 0.15) is 51.0 Å². The van der Waals surface area contributed by atoms with Gasteiger partial charge in [-0.1, -0.05) is 26.2 Å². The van der Waals surface area contributed by atoms with Crippen LogP contribution < -0.4 is 5.32 Å². The molecule has 1 aliphatic carbocycles. The van der Waals surface area contributed by atoms with Gasteiger partial charge in [-0.25, -0.2) is 4.98 Å². The number of fused-ring (bicyclic) bond motifs is 1. The van der Waals surface area contributed by atoms with E-state index in [0.29, 0.717) is 11.2 Å². The van der Waals surface area contributed by atoms with Crippen LogP contribution in [0.5, 0.6) is 0 Å². The third kappa shape index (κ3) is 3.30. The zero-order chi connectivity index (χ0) is 21.3. The number of carboxylic acid groups (broad SMARTS) is 1. The summed E-state index contributed by atoms with van der Waals surface area (Å²) in [5.74, 6) is -2.15. The summed E-state index contributed by atoms with van der Waals surface area (Å²) in [6.07, 6.45) is 7.50. The Labute approximate surface area is 174 Å². The summed E-state index contributed by atoms with van der Waals surface area (Å²) in [5, 5.41) is 24.8. The summed E-state index contributed by atoms with van der Waals surface area (Å²) in [7, 11) is 0. The Morgan fingerprint density at radius 2 is 2.20 bits per heavy atom. The highest BCUT2D eigenvalue weighted by Gasteiger charge is 2.65. The number of hydrogen-bond donors (Lipinski definition) is 4. The number of aromatic amines is 1. The minimum absolute atomic E-state index is 0.0518. The summed E-state index contributed by atoms with van der Waals surface area (Å²) >= 11 is 0. The summed E-state index contributed by atoms with van der Waals surface area (Å²) < 4.78 is 5.92. The van der Waals surface area contributed by atoms with Gasteiger partial charge < -0.3 is 19.9 Å². The lowest BCUT2D eigenvalue weighted by Crippen LogP contribution is -2.59. The maximum atomic E-state index is 13.4. The second-order valence-electron chi connectivity index (χ2n) is 8.08. The second kappa shape index (κ2) is 8.20. The standard InChI is InChI=1S/C22H27N3O5/c1-2-17(26)22(21(28)29)18(27)16(30-20(22)25-14-7-4-3-5-8-14)11-13-12-24-19-15(13)9-6-10-23-19/h6,9-12,14,17,20,25-26H,2-5,7-8H2,1H3,(H,23,24)(H,28,29)/b16-11-. The third-order valence-electron chi connectivity index (χ3n) is 6.29. The van der Waals surface area contributed by atoms with Gasteiger partial charge in [0.1, 0.15) is 5.65 Å². The molecule has 0 radical (unpaired) electrons. The highest BCUT2D eigenvalue weighted by Crippen LogP contribution is 2.42. The summed E-state index contributed by atoms with van der Waals surface area (Å²) in [5.41, 5.74) is -0.752. The normalized spacial score (nSPS) is 27.5. The molecule has 4 rings (SSSR count). The van der Waals surface area contributed by atoms with Crippen molar-refractivity contribution in [2.75, 3.05) is 0 Å². The lowest BCUT2D eigenvalue weighted by molar-refractivity contribution is -0.168. The van der Waals surface area contributed by atoms with Gasteiger partial charge >= 0.3 is 5.97 Å². The van der Waals surface area contributed by atoms with Crippen LogP contribution in [0.15, 0.2) is 30.3 Å². The van der Waals surface area contributed by atoms with E-state index < -0.39 is 29.5 Å². The molecule has 30 heavy (non-hydrogen) atoms. The van der Waals surface area contributed by atoms with E-state index >= 15 is 0 Å². The average molecular weight is 413 g/mol. The highest BCUT2D eigenvalue weighted by molar-refractivity contribution is 6.15. The zero-order valence-corrected chi connectivity index (χ0v) is 16.9. The van der Waals surface area contributed by atoms with Crippen LogP contribution in [-0.2, 0) is 14.3 Å². The number of aliphatic carboxylic acids is 1. The highest BCUT2D eigenvalue weighted by atomic mass is 16.5. The first-order chi connectivity index (χ1) is 14.5. The van der Waals surface area contributed by atoms with Crippen LogP contribution in [-0.4, -0.2) is 50.3 Å². The molecular weight excluding hydrogens is 386 g/mol. The minimum Gasteiger partial charge on any atom is -0.480 e. The maximum absolute atomic E-state index is 13.4. The van der Waals surface area contributed by atoms with Gasteiger partial charge in [-0.15, -0.1) is 0 Å². The molecule has 0 amide bonds. The largest absolute Gasteiger partial charge is 0.480 e. The molecule has 3 unspecified atom stereocenters. The van der Waals surface area contributed by atoms with E-state index in [1.165, 1.54) is 6.08 Å². The Kier molecular flexibility index (Phi) is 5.62. The van der Waals surface area contributed by atoms with Crippen molar-refractivity contribution in [3.8, 4) is 0 Å². The molecule has 2 aliphatic rings. The molecule has 3 atom stereocenters. The number of carbonyl (C=O) groups excluding carboxylic acids is 1. The number of aromatic nitrogens is 2. The number of aliphatic hydroxyl groups is 1. The molecule has 1 saturated heterocycles. The monoisotopic (exact) mass is 413 g/mol. The van der Waals surface area contributed by atoms with Crippen molar-refractivity contribution < 1.29 is 24.5 Å². The van der Waals surface area contributed by atoms with Gasteiger partial charge in [-0.2, -0.15) is 0 Å². The fourth-order valence-electron chi connectivity index (χ4n) is 4.58. The molecule has 8 nitrogen and oxygen atoms in total. The number of carbonyl (C=O) groups is 2. The first kappa shape index (κ1) is 20.6. The first-order valence-electron chi connectivity index (χ1n) is 10.5. The number of rotatable bonds is 6. The van der Waals surface area contributed by atoms with Crippen molar-refractivity contribution in [1.82, 2.24) is 15.3 Å². The van der Waals surface area contributed by atoms with Crippen molar-refractivity contribution in [3.05, 3.63) is 35.8 Å². The molecule has 2 aromatic heterocycles. The maximum Gasteiger partial charge on any atom is 0.325 e. The molecule has 3 heterocycles. The Morgan fingerprint density at radius 1 is 1.43 bits per heavy atom. The molecule has 2 fully saturated rings. The molecule has 1 aliphatic heterocycles. The molecule has 0 bridgehead atoms. The number of ether oxygens (including phenoxy) is 1. The summed E-state index contributed by atoms with van der Waals surface area (Å²) in [4.78, 5) is 33.0. The van der Waals surface area contributed by atoms with Crippen molar-refractivity contribution in [2.24, 2.45) is 5.41 Å². The van der Waals surface area contributed by atoms with E-state index in [1.807, 2.05) is 6.07 Å². The van der Waals surface area contributed by atoms with Crippen LogP contribution in [0.4, 0.5) is 0 Å². The quantitative estimate of drug-likeness (QED) is 0.424. The Hall–Kier alpha value is -2.71. The van der Waals surface area contributed by atoms with Gasteiger partial charge in [0.05, 0.1) is 6.10 Å². The van der Waals surface area contributed by atoms with E-state index in [2.05, 4.69) is 15.3 Å². The molecule has 4 N–H and O–H groups in total. The summed E-state index contributed by atoms with van der Waals surface area (Å²) in [6, 6.07) is 3.69. The molecule has 160 valence electrons. The third-order valence-corrected chi connectivity index (χ3v) is 6.29. The molecule has 0 aromatic carbocycles. The van der Waals surface area contributed by atoms with E-state index in [9.17, 15) is 19.8 Å². The summed E-state index contributed by atoms with van der Waals surface area (Å²) in [6.45, 7) is 1.66. The van der Waals surface area contributed by atoms with Crippen LogP contribution in [0.3, 0.4) is 0 Å². The zero-order valence-electron chi connectivity index (χ0n) is 16.9. The van der Waals surface area contributed by atoms with Crippen LogP contribution in [0.25, 0.3) is 17.1 Å². The smallest absolute Gasteiger partial charge is 0.325 e. The van der Waals surface area contributed by atoms with Crippen molar-refractivity contribution in [1.29, 1.82) is 0 Å². The average Bonchev–Trinajstić information content (AvgIpc) is 3.28. The van der Waals surface area contributed by atoms with Crippen molar-refractivity contribution in [2.45, 2.75) is 63.8 Å². The number of carboxylic acids is 1. The van der Waals surface area contributed by atoms with Gasteiger partial charge in [-0.3, -0.25) is 14.9 Å². The number of pyridine rings is 1. The van der Waals surface area contributed by atoms with E-state index in [-0.39, 0.29) is 18.2 Å². The molecule has 0 spiro atoms. The molecule has 2 aromatic rings. The second-order valence-corrected chi connectivity index (χ2v) is 8.08. The number of nitrogens with one attached hydrogen (secondary N) is 2. The van der Waals surface area contributed by atoms with Gasteiger partial charge in [0.15, 0.2) is 12.0 Å². The number of nitrogens with zero attached hydrogens (tertiary/aromatic N) is 1. The minimum atomic E-state index is -2.08. The number of aliphatic hydroxyl groups excluding tert-OH is 1. The number of allylic oxidation sites excluding steroid dienone is 1. The SMILES string of the molecule is CCC(O)C1(C(=O)O)C(=O)/C(=C/c2c[nH]c3ncccc23)OC1NC1CCCCC1. The van der Waals surface area contributed by atoms with E-state index in [4.69, 9.17) is 4.74 Å². The van der Waals surface area contributed by atoms with Gasteiger partial charge in [0.2, 0.25) is 11.2 Å².